The molecule has 0 saturated heterocycles. The predicted octanol–water partition coefficient (Wildman–Crippen LogP) is 0.794. The summed E-state index contributed by atoms with van der Waals surface area (Å²) in [5.41, 5.74) is -0.484. The zero-order valence-corrected chi connectivity index (χ0v) is 8.71. The van der Waals surface area contributed by atoms with Crippen molar-refractivity contribution in [1.29, 1.82) is 0 Å². The summed E-state index contributed by atoms with van der Waals surface area (Å²) in [6, 6.07) is 0.222. The third-order valence-corrected chi connectivity index (χ3v) is 3.71. The van der Waals surface area contributed by atoms with Gasteiger partial charge in [-0.2, -0.15) is 0 Å². The highest BCUT2D eigenvalue weighted by atomic mass is 16.3. The van der Waals surface area contributed by atoms with Crippen molar-refractivity contribution in [3.8, 4) is 0 Å². The van der Waals surface area contributed by atoms with Crippen molar-refractivity contribution in [1.82, 2.24) is 5.32 Å². The molecule has 3 N–H and O–H groups in total. The lowest BCUT2D eigenvalue weighted by Gasteiger charge is -2.26. The van der Waals surface area contributed by atoms with Gasteiger partial charge in [0.2, 0.25) is 0 Å². The van der Waals surface area contributed by atoms with Crippen LogP contribution in [0.25, 0.3) is 0 Å². The Morgan fingerprint density at radius 2 is 1.86 bits per heavy atom. The van der Waals surface area contributed by atoms with E-state index in [-0.39, 0.29) is 12.1 Å². The molecule has 0 unspecified atom stereocenters. The van der Waals surface area contributed by atoms with E-state index >= 15 is 0 Å². The second-order valence-electron chi connectivity index (χ2n) is 4.92. The first-order valence-electron chi connectivity index (χ1n) is 5.83. The Labute approximate surface area is 85.5 Å². The van der Waals surface area contributed by atoms with Gasteiger partial charge >= 0.3 is 0 Å². The molecule has 0 aliphatic heterocycles. The van der Waals surface area contributed by atoms with E-state index in [1.807, 2.05) is 0 Å². The molecule has 0 bridgehead atoms. The minimum atomic E-state index is -0.484. The third-order valence-electron chi connectivity index (χ3n) is 3.71. The smallest absolute Gasteiger partial charge is 0.0771 e. The maximum absolute atomic E-state index is 10.1. The van der Waals surface area contributed by atoms with Gasteiger partial charge in [-0.15, -0.1) is 0 Å². The van der Waals surface area contributed by atoms with Crippen LogP contribution in [0.1, 0.15) is 44.9 Å². The maximum Gasteiger partial charge on any atom is 0.0771 e. The molecule has 0 aromatic rings. The van der Waals surface area contributed by atoms with Gasteiger partial charge in [0.1, 0.15) is 0 Å². The van der Waals surface area contributed by atoms with E-state index in [9.17, 15) is 10.2 Å². The van der Waals surface area contributed by atoms with E-state index in [0.29, 0.717) is 6.54 Å². The molecule has 14 heavy (non-hydrogen) atoms. The molecule has 0 spiro atoms. The van der Waals surface area contributed by atoms with Crippen LogP contribution < -0.4 is 5.32 Å². The zero-order valence-electron chi connectivity index (χ0n) is 8.71. The van der Waals surface area contributed by atoms with Gasteiger partial charge in [0.05, 0.1) is 11.7 Å². The molecular formula is C11H21NO2. The summed E-state index contributed by atoms with van der Waals surface area (Å²) in [5, 5.41) is 23.0. The van der Waals surface area contributed by atoms with Gasteiger partial charge in [0.15, 0.2) is 0 Å². The third kappa shape index (κ3) is 2.27. The highest BCUT2D eigenvalue weighted by molar-refractivity contribution is 4.90. The second-order valence-corrected chi connectivity index (χ2v) is 4.92. The SMILES string of the molecule is O[C@@H]1CCC[C@H]1NCC1(O)CCCC1. The Hall–Kier alpha value is -0.120. The molecule has 0 radical (unpaired) electrons. The summed E-state index contributed by atoms with van der Waals surface area (Å²) in [6.45, 7) is 0.661. The van der Waals surface area contributed by atoms with E-state index in [1.54, 1.807) is 0 Å². The molecule has 0 heterocycles. The molecule has 3 heteroatoms. The number of nitrogens with one attached hydrogen (secondary N) is 1. The van der Waals surface area contributed by atoms with Crippen molar-refractivity contribution in [3.05, 3.63) is 0 Å². The molecule has 2 saturated carbocycles. The number of aliphatic hydroxyl groups is 2. The Morgan fingerprint density at radius 1 is 1.14 bits per heavy atom. The molecule has 0 aromatic carbocycles. The van der Waals surface area contributed by atoms with Crippen molar-refractivity contribution in [2.24, 2.45) is 0 Å². The maximum atomic E-state index is 10.1. The fraction of sp³-hybridized carbons (Fsp3) is 1.00. The summed E-state index contributed by atoms with van der Waals surface area (Å²) in [4.78, 5) is 0. The van der Waals surface area contributed by atoms with Crippen LogP contribution in [0.3, 0.4) is 0 Å². The van der Waals surface area contributed by atoms with Crippen molar-refractivity contribution in [3.63, 3.8) is 0 Å². The molecule has 3 nitrogen and oxygen atoms in total. The van der Waals surface area contributed by atoms with Crippen LogP contribution in [-0.4, -0.2) is 34.5 Å². The monoisotopic (exact) mass is 199 g/mol. The number of hydrogen-bond donors (Lipinski definition) is 3. The van der Waals surface area contributed by atoms with Gasteiger partial charge in [-0.3, -0.25) is 0 Å². The standard InChI is InChI=1S/C11H21NO2/c13-10-5-3-4-9(10)12-8-11(14)6-1-2-7-11/h9-10,12-14H,1-8H2/t9-,10-/m1/s1. The first kappa shape index (κ1) is 10.4. The van der Waals surface area contributed by atoms with Gasteiger partial charge in [-0.1, -0.05) is 12.8 Å². The van der Waals surface area contributed by atoms with E-state index < -0.39 is 5.60 Å². The van der Waals surface area contributed by atoms with E-state index in [4.69, 9.17) is 0 Å². The fourth-order valence-corrected chi connectivity index (χ4v) is 2.71. The van der Waals surface area contributed by atoms with Crippen molar-refractivity contribution >= 4 is 0 Å². The molecule has 2 atom stereocenters. The molecule has 82 valence electrons. The molecule has 2 aliphatic carbocycles. The molecular weight excluding hydrogens is 178 g/mol. The van der Waals surface area contributed by atoms with Crippen LogP contribution in [0.2, 0.25) is 0 Å². The number of rotatable bonds is 3. The van der Waals surface area contributed by atoms with Crippen LogP contribution in [-0.2, 0) is 0 Å². The van der Waals surface area contributed by atoms with Crippen molar-refractivity contribution < 1.29 is 10.2 Å². The van der Waals surface area contributed by atoms with Crippen molar-refractivity contribution in [2.45, 2.75) is 62.7 Å². The molecule has 2 rings (SSSR count). The first-order chi connectivity index (χ1) is 6.70. The van der Waals surface area contributed by atoms with Crippen LogP contribution in [0, 0.1) is 0 Å². The quantitative estimate of drug-likeness (QED) is 0.630. The minimum absolute atomic E-state index is 0.194. The fourth-order valence-electron chi connectivity index (χ4n) is 2.71. The van der Waals surface area contributed by atoms with E-state index in [0.717, 1.165) is 44.9 Å². The average Bonchev–Trinajstić information content (AvgIpc) is 2.73. The topological polar surface area (TPSA) is 52.5 Å². The van der Waals surface area contributed by atoms with Gasteiger partial charge in [0.25, 0.3) is 0 Å². The highest BCUT2D eigenvalue weighted by Crippen LogP contribution is 2.29. The lowest BCUT2D eigenvalue weighted by atomic mass is 10.0. The Balaban J connectivity index is 1.75. The summed E-state index contributed by atoms with van der Waals surface area (Å²) < 4.78 is 0. The highest BCUT2D eigenvalue weighted by Gasteiger charge is 2.33. The van der Waals surface area contributed by atoms with E-state index in [1.165, 1.54) is 0 Å². The van der Waals surface area contributed by atoms with Gasteiger partial charge in [0, 0.05) is 12.6 Å². The van der Waals surface area contributed by atoms with E-state index in [2.05, 4.69) is 5.32 Å². The summed E-state index contributed by atoms with van der Waals surface area (Å²) in [6.07, 6.45) is 7.01. The lowest BCUT2D eigenvalue weighted by Crippen LogP contribution is -2.45. The average molecular weight is 199 g/mol. The van der Waals surface area contributed by atoms with Gasteiger partial charge in [-0.05, 0) is 32.1 Å². The second kappa shape index (κ2) is 4.17. The van der Waals surface area contributed by atoms with Gasteiger partial charge < -0.3 is 15.5 Å². The van der Waals surface area contributed by atoms with Gasteiger partial charge in [-0.25, -0.2) is 0 Å². The molecule has 2 fully saturated rings. The van der Waals surface area contributed by atoms with Crippen LogP contribution in [0.4, 0.5) is 0 Å². The molecule has 0 amide bonds. The predicted molar refractivity (Wildman–Crippen MR) is 55.1 cm³/mol. The Morgan fingerprint density at radius 3 is 2.43 bits per heavy atom. The largest absolute Gasteiger partial charge is 0.392 e. The Kier molecular flexibility index (Phi) is 3.10. The van der Waals surface area contributed by atoms with Crippen LogP contribution in [0.5, 0.6) is 0 Å². The zero-order chi connectivity index (χ0) is 10.0. The number of aliphatic hydroxyl groups excluding tert-OH is 1. The Bertz CT molecular complexity index is 190. The van der Waals surface area contributed by atoms with Crippen molar-refractivity contribution in [2.75, 3.05) is 6.54 Å². The summed E-state index contributed by atoms with van der Waals surface area (Å²) in [7, 11) is 0. The summed E-state index contributed by atoms with van der Waals surface area (Å²) in [5.74, 6) is 0. The lowest BCUT2D eigenvalue weighted by molar-refractivity contribution is 0.0386. The molecule has 2 aliphatic rings. The molecule has 0 aromatic heterocycles. The minimum Gasteiger partial charge on any atom is -0.392 e. The first-order valence-corrected chi connectivity index (χ1v) is 5.83. The van der Waals surface area contributed by atoms with Crippen LogP contribution >= 0.6 is 0 Å². The van der Waals surface area contributed by atoms with Crippen LogP contribution in [0.15, 0.2) is 0 Å². The summed E-state index contributed by atoms with van der Waals surface area (Å²) >= 11 is 0. The normalized spacial score (nSPS) is 36.4. The number of hydrogen-bond acceptors (Lipinski definition) is 3.